The Morgan fingerprint density at radius 1 is 1.26 bits per heavy atom. The zero-order valence-corrected chi connectivity index (χ0v) is 14.7. The molecule has 0 saturated heterocycles. The third kappa shape index (κ3) is 3.12. The predicted molar refractivity (Wildman–Crippen MR) is 94.4 cm³/mol. The van der Waals surface area contributed by atoms with E-state index >= 15 is 0 Å². The molecule has 0 unspecified atom stereocenters. The molecular formula is C18H18N4O5. The number of hydrogen-bond acceptors (Lipinski definition) is 5. The average molecular weight is 370 g/mol. The number of fused-ring (bicyclic) bond motifs is 2. The second-order valence-electron chi connectivity index (χ2n) is 6.61. The molecule has 3 aromatic rings. The van der Waals surface area contributed by atoms with E-state index in [1.165, 1.54) is 10.6 Å². The van der Waals surface area contributed by atoms with Crippen LogP contribution in [0.4, 0.5) is 0 Å². The van der Waals surface area contributed by atoms with Gasteiger partial charge in [0.25, 0.3) is 0 Å². The van der Waals surface area contributed by atoms with E-state index in [9.17, 15) is 14.4 Å². The number of hydrogen-bond donors (Lipinski definition) is 1. The SMILES string of the molecule is Cc1ccc2oc(=O)n(CCC(=O)N3CCn4nc(C(=O)O)cc4C3)c2c1. The number of aromatic carboxylic acids is 1. The number of rotatable bonds is 4. The quantitative estimate of drug-likeness (QED) is 0.739. The van der Waals surface area contributed by atoms with Gasteiger partial charge in [0.15, 0.2) is 11.3 Å². The maximum Gasteiger partial charge on any atom is 0.419 e. The van der Waals surface area contributed by atoms with Crippen molar-refractivity contribution >= 4 is 23.0 Å². The molecule has 1 N–H and O–H groups in total. The molecule has 4 rings (SSSR count). The zero-order chi connectivity index (χ0) is 19.1. The lowest BCUT2D eigenvalue weighted by molar-refractivity contribution is -0.132. The zero-order valence-electron chi connectivity index (χ0n) is 14.7. The topological polar surface area (TPSA) is 111 Å². The minimum atomic E-state index is -1.09. The highest BCUT2D eigenvalue weighted by Gasteiger charge is 2.24. The minimum absolute atomic E-state index is 0.0221. The van der Waals surface area contributed by atoms with Gasteiger partial charge in [0.1, 0.15) is 0 Å². The normalized spacial score (nSPS) is 13.7. The summed E-state index contributed by atoms with van der Waals surface area (Å²) in [6, 6.07) is 6.95. The maximum atomic E-state index is 12.6. The van der Waals surface area contributed by atoms with Gasteiger partial charge in [-0.05, 0) is 30.7 Å². The molecule has 3 heterocycles. The van der Waals surface area contributed by atoms with Crippen molar-refractivity contribution in [3.05, 3.63) is 51.8 Å². The Bertz CT molecular complexity index is 1110. The number of amides is 1. The first-order valence-electron chi connectivity index (χ1n) is 8.60. The summed E-state index contributed by atoms with van der Waals surface area (Å²) in [7, 11) is 0. The lowest BCUT2D eigenvalue weighted by Crippen LogP contribution is -2.39. The Morgan fingerprint density at radius 3 is 2.85 bits per heavy atom. The van der Waals surface area contributed by atoms with Crippen LogP contribution in [0.15, 0.2) is 33.5 Å². The van der Waals surface area contributed by atoms with Gasteiger partial charge in [-0.25, -0.2) is 9.59 Å². The Hall–Kier alpha value is -3.36. The Balaban J connectivity index is 1.47. The summed E-state index contributed by atoms with van der Waals surface area (Å²) in [5.74, 6) is -1.67. The van der Waals surface area contributed by atoms with Crippen LogP contribution in [0, 0.1) is 6.92 Å². The fraction of sp³-hybridized carbons (Fsp3) is 0.333. The van der Waals surface area contributed by atoms with Gasteiger partial charge >= 0.3 is 11.7 Å². The number of nitrogens with zero attached hydrogens (tertiary/aromatic N) is 4. The second-order valence-corrected chi connectivity index (χ2v) is 6.61. The molecule has 0 aliphatic carbocycles. The standard InChI is InChI=1S/C18H18N4O5/c1-11-2-3-15-14(8-11)21(18(26)27-15)5-4-16(23)20-6-7-22-12(10-20)9-13(19-22)17(24)25/h2-3,8-9H,4-7,10H2,1H3,(H,24,25). The summed E-state index contributed by atoms with van der Waals surface area (Å²) in [6.45, 7) is 3.35. The lowest BCUT2D eigenvalue weighted by Gasteiger charge is -2.27. The molecule has 27 heavy (non-hydrogen) atoms. The number of carbonyl (C=O) groups is 2. The number of aryl methyl sites for hydroxylation is 2. The van der Waals surface area contributed by atoms with Crippen LogP contribution in [0.3, 0.4) is 0 Å². The van der Waals surface area contributed by atoms with E-state index in [2.05, 4.69) is 5.10 Å². The molecule has 0 radical (unpaired) electrons. The van der Waals surface area contributed by atoms with Gasteiger partial charge < -0.3 is 14.4 Å². The number of oxazole rings is 1. The molecular weight excluding hydrogens is 352 g/mol. The molecule has 9 heteroatoms. The maximum absolute atomic E-state index is 12.6. The monoisotopic (exact) mass is 370 g/mol. The first-order chi connectivity index (χ1) is 12.9. The summed E-state index contributed by atoms with van der Waals surface area (Å²) < 4.78 is 8.30. The van der Waals surface area contributed by atoms with E-state index < -0.39 is 11.7 Å². The van der Waals surface area contributed by atoms with Gasteiger partial charge in [-0.2, -0.15) is 5.10 Å². The van der Waals surface area contributed by atoms with E-state index in [1.807, 2.05) is 19.1 Å². The second kappa shape index (κ2) is 6.42. The van der Waals surface area contributed by atoms with Crippen molar-refractivity contribution in [3.63, 3.8) is 0 Å². The highest BCUT2D eigenvalue weighted by molar-refractivity contribution is 5.85. The van der Waals surface area contributed by atoms with Gasteiger partial charge in [0.2, 0.25) is 5.91 Å². The molecule has 1 aromatic carbocycles. The van der Waals surface area contributed by atoms with Crippen LogP contribution in [-0.4, -0.2) is 42.8 Å². The van der Waals surface area contributed by atoms with E-state index in [4.69, 9.17) is 9.52 Å². The van der Waals surface area contributed by atoms with Gasteiger partial charge in [-0.3, -0.25) is 14.0 Å². The number of carbonyl (C=O) groups excluding carboxylic acids is 1. The van der Waals surface area contributed by atoms with Crippen LogP contribution in [0.5, 0.6) is 0 Å². The fourth-order valence-electron chi connectivity index (χ4n) is 3.33. The molecule has 0 fully saturated rings. The fourth-order valence-corrected chi connectivity index (χ4v) is 3.33. The molecule has 1 aliphatic rings. The van der Waals surface area contributed by atoms with Crippen molar-refractivity contribution in [1.82, 2.24) is 19.2 Å². The molecule has 1 aliphatic heterocycles. The largest absolute Gasteiger partial charge is 0.476 e. The summed E-state index contributed by atoms with van der Waals surface area (Å²) in [4.78, 5) is 37.4. The number of carboxylic acids is 1. The first kappa shape index (κ1) is 17.1. The van der Waals surface area contributed by atoms with Crippen LogP contribution in [0.1, 0.15) is 28.2 Å². The smallest absolute Gasteiger partial charge is 0.419 e. The van der Waals surface area contributed by atoms with Crippen LogP contribution in [0.2, 0.25) is 0 Å². The summed E-state index contributed by atoms with van der Waals surface area (Å²) in [5.41, 5.74) is 2.85. The summed E-state index contributed by atoms with van der Waals surface area (Å²) >= 11 is 0. The highest BCUT2D eigenvalue weighted by atomic mass is 16.4. The van der Waals surface area contributed by atoms with Crippen LogP contribution in [-0.2, 0) is 24.4 Å². The van der Waals surface area contributed by atoms with Crippen molar-refractivity contribution < 1.29 is 19.1 Å². The molecule has 0 spiro atoms. The third-order valence-corrected chi connectivity index (χ3v) is 4.74. The molecule has 0 atom stereocenters. The average Bonchev–Trinajstić information content (AvgIpc) is 3.19. The van der Waals surface area contributed by atoms with Crippen LogP contribution >= 0.6 is 0 Å². The molecule has 0 bridgehead atoms. The predicted octanol–water partition coefficient (Wildman–Crippen LogP) is 1.23. The van der Waals surface area contributed by atoms with Crippen LogP contribution in [0.25, 0.3) is 11.1 Å². The lowest BCUT2D eigenvalue weighted by atomic mass is 10.2. The van der Waals surface area contributed by atoms with Gasteiger partial charge in [-0.15, -0.1) is 0 Å². The van der Waals surface area contributed by atoms with E-state index in [-0.39, 0.29) is 24.6 Å². The third-order valence-electron chi connectivity index (χ3n) is 4.74. The number of benzene rings is 1. The molecule has 2 aromatic heterocycles. The number of carboxylic acid groups (broad SMARTS) is 1. The minimum Gasteiger partial charge on any atom is -0.476 e. The molecule has 9 nitrogen and oxygen atoms in total. The van der Waals surface area contributed by atoms with Crippen molar-refractivity contribution in [2.45, 2.75) is 33.0 Å². The van der Waals surface area contributed by atoms with E-state index in [0.717, 1.165) is 5.56 Å². The highest BCUT2D eigenvalue weighted by Crippen LogP contribution is 2.17. The first-order valence-corrected chi connectivity index (χ1v) is 8.60. The van der Waals surface area contributed by atoms with Crippen molar-refractivity contribution in [3.8, 4) is 0 Å². The van der Waals surface area contributed by atoms with Crippen LogP contribution < -0.4 is 5.76 Å². The summed E-state index contributed by atoms with van der Waals surface area (Å²) in [5, 5.41) is 13.0. The van der Waals surface area contributed by atoms with Gasteiger partial charge in [0.05, 0.1) is 24.3 Å². The summed E-state index contributed by atoms with van der Waals surface area (Å²) in [6.07, 6.45) is 0.155. The van der Waals surface area contributed by atoms with Crippen molar-refractivity contribution in [2.24, 2.45) is 0 Å². The number of aromatic nitrogens is 3. The molecule has 140 valence electrons. The van der Waals surface area contributed by atoms with Crippen molar-refractivity contribution in [2.75, 3.05) is 6.54 Å². The Morgan fingerprint density at radius 2 is 2.07 bits per heavy atom. The van der Waals surface area contributed by atoms with E-state index in [1.54, 1.807) is 15.6 Å². The van der Waals surface area contributed by atoms with Crippen molar-refractivity contribution in [1.29, 1.82) is 0 Å². The molecule has 1 amide bonds. The Labute approximate surface area is 153 Å². The van der Waals surface area contributed by atoms with E-state index in [0.29, 0.717) is 36.4 Å². The van der Waals surface area contributed by atoms with Gasteiger partial charge in [-0.1, -0.05) is 6.07 Å². The molecule has 0 saturated carbocycles. The van der Waals surface area contributed by atoms with Gasteiger partial charge in [0, 0.05) is 19.5 Å². The Kier molecular flexibility index (Phi) is 4.06.